The highest BCUT2D eigenvalue weighted by molar-refractivity contribution is 8.13. The lowest BCUT2D eigenvalue weighted by Crippen LogP contribution is -2.20. The Hall–Kier alpha value is -0.940. The van der Waals surface area contributed by atoms with Crippen LogP contribution in [-0.2, 0) is 9.05 Å². The number of halogens is 1. The molecule has 1 heterocycles. The molecule has 94 valence electrons. The quantitative estimate of drug-likeness (QED) is 0.794. The van der Waals surface area contributed by atoms with E-state index in [9.17, 15) is 8.42 Å². The van der Waals surface area contributed by atoms with Gasteiger partial charge in [0, 0.05) is 23.8 Å². The molecular formula is C11H14ClNO3S. The fraction of sp³-hybridized carbons (Fsp3) is 0.455. The van der Waals surface area contributed by atoms with E-state index in [0.29, 0.717) is 11.4 Å². The Bertz CT molecular complexity index is 509. The first-order chi connectivity index (χ1) is 8.04. The number of para-hydroxylation sites is 1. The molecule has 0 atom stereocenters. The molecule has 1 saturated heterocycles. The normalized spacial score (nSPS) is 16.2. The van der Waals surface area contributed by atoms with Crippen molar-refractivity contribution >= 4 is 25.4 Å². The SMILES string of the molecule is COc1cccc(S(=O)(=O)Cl)c1N1CCCC1. The second kappa shape index (κ2) is 4.74. The summed E-state index contributed by atoms with van der Waals surface area (Å²) >= 11 is 0. The molecule has 1 aliphatic rings. The summed E-state index contributed by atoms with van der Waals surface area (Å²) in [5.74, 6) is 0.550. The van der Waals surface area contributed by atoms with E-state index >= 15 is 0 Å². The largest absolute Gasteiger partial charge is 0.495 e. The van der Waals surface area contributed by atoms with E-state index < -0.39 is 9.05 Å². The minimum Gasteiger partial charge on any atom is -0.495 e. The first kappa shape index (κ1) is 12.5. The summed E-state index contributed by atoms with van der Waals surface area (Å²) in [6.07, 6.45) is 2.11. The van der Waals surface area contributed by atoms with Gasteiger partial charge in [-0.25, -0.2) is 8.42 Å². The van der Waals surface area contributed by atoms with Crippen LogP contribution < -0.4 is 9.64 Å². The molecule has 1 aliphatic heterocycles. The predicted molar refractivity (Wildman–Crippen MR) is 67.5 cm³/mol. The van der Waals surface area contributed by atoms with E-state index in [1.807, 2.05) is 4.90 Å². The number of ether oxygens (including phenoxy) is 1. The summed E-state index contributed by atoms with van der Waals surface area (Å²) in [5.41, 5.74) is 0.586. The number of hydrogen-bond donors (Lipinski definition) is 0. The average molecular weight is 276 g/mol. The van der Waals surface area contributed by atoms with Gasteiger partial charge in [-0.15, -0.1) is 0 Å². The molecule has 0 aromatic heterocycles. The number of methoxy groups -OCH3 is 1. The van der Waals surface area contributed by atoms with Gasteiger partial charge >= 0.3 is 0 Å². The molecule has 4 nitrogen and oxygen atoms in total. The van der Waals surface area contributed by atoms with Gasteiger partial charge in [0.2, 0.25) is 0 Å². The lowest BCUT2D eigenvalue weighted by atomic mass is 10.2. The number of hydrogen-bond acceptors (Lipinski definition) is 4. The second-order valence-electron chi connectivity index (χ2n) is 3.94. The third-order valence-corrected chi connectivity index (χ3v) is 4.22. The molecule has 0 N–H and O–H groups in total. The van der Waals surface area contributed by atoms with Crippen molar-refractivity contribution in [1.82, 2.24) is 0 Å². The highest BCUT2D eigenvalue weighted by Crippen LogP contribution is 2.38. The van der Waals surface area contributed by atoms with Gasteiger partial charge in [-0.1, -0.05) is 6.07 Å². The van der Waals surface area contributed by atoms with Crippen LogP contribution in [0.25, 0.3) is 0 Å². The standard InChI is InChI=1S/C11H14ClNO3S/c1-16-9-5-4-6-10(17(12,14)15)11(9)13-7-2-3-8-13/h4-6H,2-3,7-8H2,1H3. The van der Waals surface area contributed by atoms with Crippen LogP contribution in [0.3, 0.4) is 0 Å². The number of anilines is 1. The van der Waals surface area contributed by atoms with Crippen LogP contribution in [0, 0.1) is 0 Å². The molecule has 2 rings (SSSR count). The lowest BCUT2D eigenvalue weighted by molar-refractivity contribution is 0.413. The van der Waals surface area contributed by atoms with E-state index in [1.165, 1.54) is 13.2 Å². The zero-order chi connectivity index (χ0) is 12.5. The van der Waals surface area contributed by atoms with Crippen molar-refractivity contribution < 1.29 is 13.2 Å². The number of benzene rings is 1. The Morgan fingerprint density at radius 2 is 1.94 bits per heavy atom. The maximum atomic E-state index is 11.6. The van der Waals surface area contributed by atoms with Crippen molar-refractivity contribution in [3.63, 3.8) is 0 Å². The molecule has 0 aliphatic carbocycles. The molecule has 0 spiro atoms. The van der Waals surface area contributed by atoms with Gasteiger partial charge in [0.25, 0.3) is 9.05 Å². The summed E-state index contributed by atoms with van der Waals surface area (Å²) in [6, 6.07) is 4.89. The molecule has 6 heteroatoms. The van der Waals surface area contributed by atoms with E-state index in [1.54, 1.807) is 12.1 Å². The van der Waals surface area contributed by atoms with E-state index in [0.717, 1.165) is 25.9 Å². The second-order valence-corrected chi connectivity index (χ2v) is 6.47. The van der Waals surface area contributed by atoms with Crippen molar-refractivity contribution in [3.8, 4) is 5.75 Å². The molecule has 0 saturated carbocycles. The average Bonchev–Trinajstić information content (AvgIpc) is 2.80. The van der Waals surface area contributed by atoms with Gasteiger partial charge in [0.1, 0.15) is 10.6 Å². The monoisotopic (exact) mass is 275 g/mol. The number of nitrogens with zero attached hydrogens (tertiary/aromatic N) is 1. The first-order valence-corrected chi connectivity index (χ1v) is 7.71. The third kappa shape index (κ3) is 2.50. The molecule has 0 radical (unpaired) electrons. The maximum absolute atomic E-state index is 11.6. The summed E-state index contributed by atoms with van der Waals surface area (Å²) in [6.45, 7) is 1.67. The minimum atomic E-state index is -3.75. The highest BCUT2D eigenvalue weighted by atomic mass is 35.7. The van der Waals surface area contributed by atoms with Gasteiger partial charge in [0.05, 0.1) is 12.8 Å². The van der Waals surface area contributed by atoms with Crippen molar-refractivity contribution in [3.05, 3.63) is 18.2 Å². The molecule has 0 bridgehead atoms. The summed E-state index contributed by atoms with van der Waals surface area (Å²) in [7, 11) is 3.24. The van der Waals surface area contributed by atoms with Crippen LogP contribution in [0.2, 0.25) is 0 Å². The predicted octanol–water partition coefficient (Wildman–Crippen LogP) is 2.22. The van der Waals surface area contributed by atoms with Gasteiger partial charge in [0.15, 0.2) is 0 Å². The van der Waals surface area contributed by atoms with Crippen molar-refractivity contribution in [2.24, 2.45) is 0 Å². The molecule has 0 unspecified atom stereocenters. The van der Waals surface area contributed by atoms with E-state index in [4.69, 9.17) is 15.4 Å². The molecule has 0 amide bonds. The van der Waals surface area contributed by atoms with Gasteiger partial charge in [-0.05, 0) is 25.0 Å². The Kier molecular flexibility index (Phi) is 3.49. The summed E-state index contributed by atoms with van der Waals surface area (Å²) in [4.78, 5) is 2.13. The van der Waals surface area contributed by atoms with Crippen LogP contribution in [0.5, 0.6) is 5.75 Å². The van der Waals surface area contributed by atoms with Gasteiger partial charge < -0.3 is 9.64 Å². The molecule has 1 aromatic rings. The van der Waals surface area contributed by atoms with E-state index in [-0.39, 0.29) is 4.90 Å². The van der Waals surface area contributed by atoms with Gasteiger partial charge in [-0.2, -0.15) is 0 Å². The van der Waals surface area contributed by atoms with Crippen LogP contribution in [0.4, 0.5) is 5.69 Å². The van der Waals surface area contributed by atoms with Crippen LogP contribution >= 0.6 is 10.7 Å². The Labute approximate surface area is 106 Å². The summed E-state index contributed by atoms with van der Waals surface area (Å²) in [5, 5.41) is 0. The van der Waals surface area contributed by atoms with Crippen LogP contribution in [-0.4, -0.2) is 28.6 Å². The Balaban J connectivity index is 2.59. The zero-order valence-electron chi connectivity index (χ0n) is 9.52. The van der Waals surface area contributed by atoms with Crippen molar-refractivity contribution in [2.75, 3.05) is 25.1 Å². The first-order valence-electron chi connectivity index (χ1n) is 5.40. The minimum absolute atomic E-state index is 0.125. The fourth-order valence-corrected chi connectivity index (χ4v) is 3.19. The molecule has 17 heavy (non-hydrogen) atoms. The van der Waals surface area contributed by atoms with Crippen molar-refractivity contribution in [1.29, 1.82) is 0 Å². The highest BCUT2D eigenvalue weighted by Gasteiger charge is 2.25. The smallest absolute Gasteiger partial charge is 0.263 e. The van der Waals surface area contributed by atoms with Crippen molar-refractivity contribution in [2.45, 2.75) is 17.7 Å². The Morgan fingerprint density at radius 1 is 1.29 bits per heavy atom. The Morgan fingerprint density at radius 3 is 2.47 bits per heavy atom. The van der Waals surface area contributed by atoms with Crippen LogP contribution in [0.15, 0.2) is 23.1 Å². The van der Waals surface area contributed by atoms with E-state index in [2.05, 4.69) is 0 Å². The topological polar surface area (TPSA) is 46.6 Å². The summed E-state index contributed by atoms with van der Waals surface area (Å²) < 4.78 is 28.4. The lowest BCUT2D eigenvalue weighted by Gasteiger charge is -2.22. The zero-order valence-corrected chi connectivity index (χ0v) is 11.1. The maximum Gasteiger partial charge on any atom is 0.263 e. The molecular weight excluding hydrogens is 262 g/mol. The van der Waals surface area contributed by atoms with Gasteiger partial charge in [-0.3, -0.25) is 0 Å². The molecule has 1 aromatic carbocycles. The molecule has 1 fully saturated rings. The van der Waals surface area contributed by atoms with Crippen LogP contribution in [0.1, 0.15) is 12.8 Å². The third-order valence-electron chi connectivity index (χ3n) is 2.87. The fourth-order valence-electron chi connectivity index (χ4n) is 2.12. The number of rotatable bonds is 3.